The van der Waals surface area contributed by atoms with Crippen LogP contribution in [0.4, 0.5) is 4.39 Å². The van der Waals surface area contributed by atoms with Crippen LogP contribution in [0.2, 0.25) is 0 Å². The highest BCUT2D eigenvalue weighted by atomic mass is 19.1. The molecule has 6 heteroatoms. The maximum absolute atomic E-state index is 13.3. The number of amides is 1. The van der Waals surface area contributed by atoms with Gasteiger partial charge < -0.3 is 9.52 Å². The Bertz CT molecular complexity index is 965. The SMILES string of the molecule is O=C(c1ccco1)N1N=C(c2ccccc2O)CC1c1ccc(F)cc1. The molecule has 4 rings (SSSR count). The molecule has 1 aliphatic heterocycles. The van der Waals surface area contributed by atoms with Crippen molar-refractivity contribution in [2.24, 2.45) is 5.10 Å². The largest absolute Gasteiger partial charge is 0.507 e. The Hall–Kier alpha value is -3.41. The highest BCUT2D eigenvalue weighted by Crippen LogP contribution is 2.35. The quantitative estimate of drug-likeness (QED) is 0.773. The minimum absolute atomic E-state index is 0.0939. The van der Waals surface area contributed by atoms with Crippen LogP contribution in [0.25, 0.3) is 0 Å². The molecular weight excluding hydrogens is 335 g/mol. The van der Waals surface area contributed by atoms with Crippen LogP contribution in [0, 0.1) is 5.82 Å². The molecule has 0 fully saturated rings. The van der Waals surface area contributed by atoms with E-state index in [2.05, 4.69) is 5.10 Å². The smallest absolute Gasteiger partial charge is 0.310 e. The molecule has 26 heavy (non-hydrogen) atoms. The first kappa shape index (κ1) is 16.1. The van der Waals surface area contributed by atoms with E-state index < -0.39 is 11.9 Å². The van der Waals surface area contributed by atoms with Gasteiger partial charge in [0.15, 0.2) is 5.76 Å². The lowest BCUT2D eigenvalue weighted by Gasteiger charge is -2.21. The fraction of sp³-hybridized carbons (Fsp3) is 0.100. The summed E-state index contributed by atoms with van der Waals surface area (Å²) in [6.07, 6.45) is 1.82. The van der Waals surface area contributed by atoms with E-state index in [-0.39, 0.29) is 17.3 Å². The third-order valence-electron chi connectivity index (χ3n) is 4.32. The Morgan fingerprint density at radius 3 is 2.58 bits per heavy atom. The zero-order valence-corrected chi connectivity index (χ0v) is 13.7. The van der Waals surface area contributed by atoms with Crippen LogP contribution in [0.3, 0.4) is 0 Å². The third kappa shape index (κ3) is 2.86. The van der Waals surface area contributed by atoms with Gasteiger partial charge >= 0.3 is 5.91 Å². The van der Waals surface area contributed by atoms with Gasteiger partial charge in [-0.3, -0.25) is 4.79 Å². The Morgan fingerprint density at radius 1 is 1.12 bits per heavy atom. The summed E-state index contributed by atoms with van der Waals surface area (Å²) in [6, 6.07) is 15.6. The van der Waals surface area contributed by atoms with E-state index in [4.69, 9.17) is 4.42 Å². The topological polar surface area (TPSA) is 66.0 Å². The number of halogens is 1. The highest BCUT2D eigenvalue weighted by Gasteiger charge is 2.35. The first-order chi connectivity index (χ1) is 12.6. The van der Waals surface area contributed by atoms with Gasteiger partial charge in [0.05, 0.1) is 18.0 Å². The molecule has 1 amide bonds. The summed E-state index contributed by atoms with van der Waals surface area (Å²) in [5, 5.41) is 15.9. The van der Waals surface area contributed by atoms with Crippen molar-refractivity contribution in [3.63, 3.8) is 0 Å². The summed E-state index contributed by atoms with van der Waals surface area (Å²) < 4.78 is 18.5. The Morgan fingerprint density at radius 2 is 1.88 bits per heavy atom. The number of hydrazone groups is 1. The van der Waals surface area contributed by atoms with Crippen molar-refractivity contribution >= 4 is 11.6 Å². The molecule has 5 nitrogen and oxygen atoms in total. The number of benzene rings is 2. The van der Waals surface area contributed by atoms with Gasteiger partial charge in [-0.15, -0.1) is 0 Å². The minimum Gasteiger partial charge on any atom is -0.507 e. The molecule has 0 saturated carbocycles. The van der Waals surface area contributed by atoms with Crippen LogP contribution < -0.4 is 0 Å². The fourth-order valence-corrected chi connectivity index (χ4v) is 3.04. The summed E-state index contributed by atoms with van der Waals surface area (Å²) in [5.41, 5.74) is 1.90. The average Bonchev–Trinajstić information content (AvgIpc) is 3.32. The predicted octanol–water partition coefficient (Wildman–Crippen LogP) is 4.12. The number of aromatic hydroxyl groups is 1. The number of rotatable bonds is 3. The third-order valence-corrected chi connectivity index (χ3v) is 4.32. The van der Waals surface area contributed by atoms with Gasteiger partial charge in [0.1, 0.15) is 11.6 Å². The Balaban J connectivity index is 1.75. The molecule has 1 aromatic heterocycles. The first-order valence-electron chi connectivity index (χ1n) is 8.12. The van der Waals surface area contributed by atoms with Crippen LogP contribution >= 0.6 is 0 Å². The molecule has 2 aromatic carbocycles. The van der Waals surface area contributed by atoms with Crippen molar-refractivity contribution in [1.29, 1.82) is 0 Å². The molecule has 1 aliphatic rings. The Kier molecular flexibility index (Phi) is 4.01. The van der Waals surface area contributed by atoms with Crippen molar-refractivity contribution in [2.45, 2.75) is 12.5 Å². The number of carbonyl (C=O) groups excluding carboxylic acids is 1. The van der Waals surface area contributed by atoms with Gasteiger partial charge in [0.25, 0.3) is 0 Å². The van der Waals surface area contributed by atoms with Gasteiger partial charge in [-0.2, -0.15) is 5.10 Å². The van der Waals surface area contributed by atoms with E-state index in [9.17, 15) is 14.3 Å². The molecule has 3 aromatic rings. The van der Waals surface area contributed by atoms with Gasteiger partial charge in [0.2, 0.25) is 0 Å². The van der Waals surface area contributed by atoms with Crippen LogP contribution in [-0.2, 0) is 0 Å². The zero-order valence-electron chi connectivity index (χ0n) is 13.7. The average molecular weight is 350 g/mol. The van der Waals surface area contributed by atoms with Crippen LogP contribution in [0.1, 0.15) is 34.1 Å². The predicted molar refractivity (Wildman–Crippen MR) is 93.3 cm³/mol. The fourth-order valence-electron chi connectivity index (χ4n) is 3.04. The van der Waals surface area contributed by atoms with E-state index in [0.717, 1.165) is 5.56 Å². The monoisotopic (exact) mass is 350 g/mol. The van der Waals surface area contributed by atoms with E-state index >= 15 is 0 Å². The summed E-state index contributed by atoms with van der Waals surface area (Å²) in [6.45, 7) is 0. The maximum atomic E-state index is 13.3. The van der Waals surface area contributed by atoms with Crippen LogP contribution in [0.15, 0.2) is 76.4 Å². The van der Waals surface area contributed by atoms with Gasteiger partial charge in [-0.1, -0.05) is 24.3 Å². The van der Waals surface area contributed by atoms with Gasteiger partial charge in [-0.05, 0) is 42.0 Å². The molecule has 0 aliphatic carbocycles. The lowest BCUT2D eigenvalue weighted by atomic mass is 9.98. The summed E-state index contributed by atoms with van der Waals surface area (Å²) >= 11 is 0. The number of furan rings is 1. The van der Waals surface area contributed by atoms with Crippen molar-refractivity contribution in [3.05, 3.63) is 89.6 Å². The van der Waals surface area contributed by atoms with Crippen molar-refractivity contribution < 1.29 is 18.7 Å². The molecule has 130 valence electrons. The highest BCUT2D eigenvalue weighted by molar-refractivity contribution is 6.06. The molecule has 0 radical (unpaired) electrons. The zero-order chi connectivity index (χ0) is 18.1. The normalized spacial score (nSPS) is 16.6. The molecule has 0 spiro atoms. The van der Waals surface area contributed by atoms with Gasteiger partial charge in [-0.25, -0.2) is 9.40 Å². The number of hydrogen-bond acceptors (Lipinski definition) is 4. The van der Waals surface area contributed by atoms with E-state index in [1.54, 1.807) is 48.5 Å². The van der Waals surface area contributed by atoms with Gasteiger partial charge in [0, 0.05) is 12.0 Å². The molecule has 1 N–H and O–H groups in total. The standard InChI is InChI=1S/C20H15FN2O3/c21-14-9-7-13(8-10-14)17-12-16(15-4-1-2-5-18(15)24)22-23(17)20(25)19-6-3-11-26-19/h1-11,17,24H,12H2. The number of hydrogen-bond donors (Lipinski definition) is 1. The molecule has 1 unspecified atom stereocenters. The lowest BCUT2D eigenvalue weighted by molar-refractivity contribution is 0.0678. The molecule has 0 bridgehead atoms. The van der Waals surface area contributed by atoms with E-state index in [1.807, 2.05) is 0 Å². The minimum atomic E-state index is -0.414. The first-order valence-corrected chi connectivity index (χ1v) is 8.12. The maximum Gasteiger partial charge on any atom is 0.310 e. The van der Waals surface area contributed by atoms with Crippen LogP contribution in [0.5, 0.6) is 5.75 Å². The van der Waals surface area contributed by atoms with E-state index in [1.165, 1.54) is 23.4 Å². The second-order valence-electron chi connectivity index (χ2n) is 5.96. The molecule has 0 saturated heterocycles. The Labute approximate surface area is 149 Å². The lowest BCUT2D eigenvalue weighted by Crippen LogP contribution is -2.26. The molecular formula is C20H15FN2O3. The molecule has 2 heterocycles. The molecule has 1 atom stereocenters. The van der Waals surface area contributed by atoms with Crippen molar-refractivity contribution in [3.8, 4) is 5.75 Å². The van der Waals surface area contributed by atoms with Crippen LogP contribution in [-0.4, -0.2) is 21.7 Å². The summed E-state index contributed by atoms with van der Waals surface area (Å²) in [5.74, 6) is -0.483. The summed E-state index contributed by atoms with van der Waals surface area (Å²) in [4.78, 5) is 12.8. The number of para-hydroxylation sites is 1. The second kappa shape index (κ2) is 6.48. The second-order valence-corrected chi connectivity index (χ2v) is 5.96. The summed E-state index contributed by atoms with van der Waals surface area (Å²) in [7, 11) is 0. The number of nitrogens with zero attached hydrogens (tertiary/aromatic N) is 2. The number of carbonyl (C=O) groups is 1. The number of phenolic OH excluding ortho intramolecular Hbond substituents is 1. The van der Waals surface area contributed by atoms with E-state index in [0.29, 0.717) is 17.7 Å². The van der Waals surface area contributed by atoms with Crippen molar-refractivity contribution in [2.75, 3.05) is 0 Å². The number of phenols is 1. The van der Waals surface area contributed by atoms with Crippen molar-refractivity contribution in [1.82, 2.24) is 5.01 Å².